The normalized spacial score (nSPS) is 11.9. The molecule has 3 N–H and O–H groups in total. The standard InChI is InChI=1S/C14H16N4O2S/c1-9(21-14-16-7-8-18(14)2)13(20)17-11-6-4-3-5-10(11)12(15)19/h3-9H,1-2H3,(H2,15,19)(H,17,20). The quantitative estimate of drug-likeness (QED) is 0.822. The van der Waals surface area contributed by atoms with Gasteiger partial charge in [0.05, 0.1) is 16.5 Å². The Hall–Kier alpha value is -2.28. The Morgan fingerprint density at radius 3 is 2.71 bits per heavy atom. The first-order valence-electron chi connectivity index (χ1n) is 6.32. The number of primary amides is 1. The fourth-order valence-electron chi connectivity index (χ4n) is 1.72. The first-order valence-corrected chi connectivity index (χ1v) is 7.20. The molecule has 0 radical (unpaired) electrons. The summed E-state index contributed by atoms with van der Waals surface area (Å²) >= 11 is 1.34. The van der Waals surface area contributed by atoms with Crippen LogP contribution in [0.5, 0.6) is 0 Å². The van der Waals surface area contributed by atoms with E-state index in [2.05, 4.69) is 10.3 Å². The van der Waals surface area contributed by atoms with Crippen molar-refractivity contribution in [1.29, 1.82) is 0 Å². The highest BCUT2D eigenvalue weighted by molar-refractivity contribution is 8.00. The molecule has 0 saturated carbocycles. The van der Waals surface area contributed by atoms with Crippen molar-refractivity contribution in [2.45, 2.75) is 17.3 Å². The second kappa shape index (κ2) is 6.45. The monoisotopic (exact) mass is 304 g/mol. The number of anilines is 1. The smallest absolute Gasteiger partial charge is 0.250 e. The fourth-order valence-corrected chi connectivity index (χ4v) is 2.55. The molecule has 2 aromatic rings. The average Bonchev–Trinajstić information content (AvgIpc) is 2.84. The van der Waals surface area contributed by atoms with Crippen LogP contribution in [0.4, 0.5) is 5.69 Å². The van der Waals surface area contributed by atoms with Crippen LogP contribution in [0.2, 0.25) is 0 Å². The van der Waals surface area contributed by atoms with E-state index in [1.54, 1.807) is 37.4 Å². The molecule has 2 rings (SSSR count). The van der Waals surface area contributed by atoms with Crippen molar-refractivity contribution < 1.29 is 9.59 Å². The number of aromatic nitrogens is 2. The van der Waals surface area contributed by atoms with Gasteiger partial charge in [-0.05, 0) is 19.1 Å². The summed E-state index contributed by atoms with van der Waals surface area (Å²) in [6.07, 6.45) is 3.49. The molecule has 21 heavy (non-hydrogen) atoms. The topological polar surface area (TPSA) is 90.0 Å². The minimum absolute atomic E-state index is 0.211. The maximum absolute atomic E-state index is 12.2. The number of nitrogens with one attached hydrogen (secondary N) is 1. The van der Waals surface area contributed by atoms with Crippen molar-refractivity contribution in [3.63, 3.8) is 0 Å². The average molecular weight is 304 g/mol. The van der Waals surface area contributed by atoms with Gasteiger partial charge in [-0.25, -0.2) is 4.98 Å². The number of para-hydroxylation sites is 1. The van der Waals surface area contributed by atoms with Crippen LogP contribution in [-0.2, 0) is 11.8 Å². The minimum atomic E-state index is -0.574. The third-order valence-electron chi connectivity index (χ3n) is 2.88. The number of benzene rings is 1. The highest BCUT2D eigenvalue weighted by atomic mass is 32.2. The zero-order valence-electron chi connectivity index (χ0n) is 11.7. The number of carbonyl (C=O) groups is 2. The molecule has 1 atom stereocenters. The molecule has 110 valence electrons. The number of nitrogens with two attached hydrogens (primary N) is 1. The van der Waals surface area contributed by atoms with Crippen molar-refractivity contribution in [2.24, 2.45) is 12.8 Å². The Labute approximate surface area is 126 Å². The van der Waals surface area contributed by atoms with Crippen molar-refractivity contribution in [3.05, 3.63) is 42.2 Å². The maximum Gasteiger partial charge on any atom is 0.250 e. The maximum atomic E-state index is 12.2. The summed E-state index contributed by atoms with van der Waals surface area (Å²) in [5, 5.41) is 3.12. The van der Waals surface area contributed by atoms with Crippen LogP contribution >= 0.6 is 11.8 Å². The molecule has 1 heterocycles. The predicted octanol–water partition coefficient (Wildman–Crippen LogP) is 1.64. The van der Waals surface area contributed by atoms with E-state index in [0.717, 1.165) is 5.16 Å². The molecule has 0 saturated heterocycles. The molecule has 6 nitrogen and oxygen atoms in total. The first-order chi connectivity index (χ1) is 9.99. The number of rotatable bonds is 5. The summed E-state index contributed by atoms with van der Waals surface area (Å²) < 4.78 is 1.84. The van der Waals surface area contributed by atoms with Crippen molar-refractivity contribution in [1.82, 2.24) is 9.55 Å². The third-order valence-corrected chi connectivity index (χ3v) is 4.05. The molecule has 0 spiro atoms. The number of thioether (sulfide) groups is 1. The molecule has 0 fully saturated rings. The van der Waals surface area contributed by atoms with E-state index in [4.69, 9.17) is 5.73 Å². The van der Waals surface area contributed by atoms with E-state index in [0.29, 0.717) is 11.3 Å². The second-order valence-corrected chi connectivity index (χ2v) is 5.79. The van der Waals surface area contributed by atoms with Gasteiger partial charge in [0.25, 0.3) is 5.91 Å². The lowest BCUT2D eigenvalue weighted by atomic mass is 10.1. The molecule has 1 aromatic carbocycles. The largest absolute Gasteiger partial charge is 0.366 e. The predicted molar refractivity (Wildman–Crippen MR) is 82.1 cm³/mol. The number of imidazole rings is 1. The number of hydrogen-bond acceptors (Lipinski definition) is 4. The van der Waals surface area contributed by atoms with E-state index in [1.165, 1.54) is 11.8 Å². The van der Waals surface area contributed by atoms with E-state index < -0.39 is 5.91 Å². The Morgan fingerprint density at radius 2 is 2.10 bits per heavy atom. The second-order valence-electron chi connectivity index (χ2n) is 4.48. The molecule has 0 aliphatic rings. The third kappa shape index (κ3) is 3.63. The lowest BCUT2D eigenvalue weighted by Crippen LogP contribution is -2.25. The van der Waals surface area contributed by atoms with E-state index >= 15 is 0 Å². The van der Waals surface area contributed by atoms with Crippen LogP contribution in [0.15, 0.2) is 41.8 Å². The molecule has 7 heteroatoms. The summed E-state index contributed by atoms with van der Waals surface area (Å²) in [7, 11) is 1.86. The van der Waals surface area contributed by atoms with E-state index in [-0.39, 0.29) is 11.2 Å². The number of nitrogens with zero attached hydrogens (tertiary/aromatic N) is 2. The zero-order valence-corrected chi connectivity index (χ0v) is 12.6. The highest BCUT2D eigenvalue weighted by Gasteiger charge is 2.18. The molecule has 0 aliphatic carbocycles. The van der Waals surface area contributed by atoms with Crippen LogP contribution in [0.25, 0.3) is 0 Å². The summed E-state index contributed by atoms with van der Waals surface area (Å²) in [5.41, 5.74) is 6.00. The summed E-state index contributed by atoms with van der Waals surface area (Å²) in [6.45, 7) is 1.78. The van der Waals surface area contributed by atoms with Crippen LogP contribution in [0, 0.1) is 0 Å². The zero-order chi connectivity index (χ0) is 15.4. The van der Waals surface area contributed by atoms with Gasteiger partial charge in [0.15, 0.2) is 5.16 Å². The molecule has 1 aromatic heterocycles. The molecule has 2 amide bonds. The van der Waals surface area contributed by atoms with Gasteiger partial charge in [-0.15, -0.1) is 0 Å². The lowest BCUT2D eigenvalue weighted by molar-refractivity contribution is -0.115. The number of aryl methyl sites for hydroxylation is 1. The number of hydrogen-bond donors (Lipinski definition) is 2. The molecular formula is C14H16N4O2S. The number of amides is 2. The van der Waals surface area contributed by atoms with Gasteiger partial charge in [-0.1, -0.05) is 23.9 Å². The van der Waals surface area contributed by atoms with Gasteiger partial charge in [0.1, 0.15) is 0 Å². The van der Waals surface area contributed by atoms with Crippen molar-refractivity contribution >= 4 is 29.3 Å². The van der Waals surface area contributed by atoms with Crippen molar-refractivity contribution in [2.75, 3.05) is 5.32 Å². The van der Waals surface area contributed by atoms with E-state index in [1.807, 2.05) is 17.8 Å². The SMILES string of the molecule is CC(Sc1nccn1C)C(=O)Nc1ccccc1C(N)=O. The van der Waals surface area contributed by atoms with Gasteiger partial charge < -0.3 is 15.6 Å². The van der Waals surface area contributed by atoms with Gasteiger partial charge >= 0.3 is 0 Å². The molecule has 0 bridgehead atoms. The Balaban J connectivity index is 2.08. The fraction of sp³-hybridized carbons (Fsp3) is 0.214. The Kier molecular flexibility index (Phi) is 4.64. The van der Waals surface area contributed by atoms with Crippen LogP contribution in [-0.4, -0.2) is 26.6 Å². The molecule has 0 aliphatic heterocycles. The highest BCUT2D eigenvalue weighted by Crippen LogP contribution is 2.22. The molecular weight excluding hydrogens is 288 g/mol. The molecule has 1 unspecified atom stereocenters. The lowest BCUT2D eigenvalue weighted by Gasteiger charge is -2.13. The van der Waals surface area contributed by atoms with Gasteiger partial charge in [0, 0.05) is 19.4 Å². The minimum Gasteiger partial charge on any atom is -0.366 e. The van der Waals surface area contributed by atoms with Gasteiger partial charge in [0.2, 0.25) is 5.91 Å². The van der Waals surface area contributed by atoms with Crippen LogP contribution < -0.4 is 11.1 Å². The Morgan fingerprint density at radius 1 is 1.38 bits per heavy atom. The summed E-state index contributed by atoms with van der Waals surface area (Å²) in [6, 6.07) is 6.66. The number of carbonyl (C=O) groups excluding carboxylic acids is 2. The Bertz CT molecular complexity index is 668. The van der Waals surface area contributed by atoms with Crippen LogP contribution in [0.1, 0.15) is 17.3 Å². The van der Waals surface area contributed by atoms with E-state index in [9.17, 15) is 9.59 Å². The first kappa shape index (κ1) is 15.1. The van der Waals surface area contributed by atoms with Gasteiger partial charge in [-0.2, -0.15) is 0 Å². The van der Waals surface area contributed by atoms with Crippen LogP contribution in [0.3, 0.4) is 0 Å². The van der Waals surface area contributed by atoms with Gasteiger partial charge in [-0.3, -0.25) is 9.59 Å². The van der Waals surface area contributed by atoms with Crippen molar-refractivity contribution in [3.8, 4) is 0 Å². The summed E-state index contributed by atoms with van der Waals surface area (Å²) in [4.78, 5) is 27.7. The summed E-state index contributed by atoms with van der Waals surface area (Å²) in [5.74, 6) is -0.785.